The van der Waals surface area contributed by atoms with Crippen LogP contribution in [0.2, 0.25) is 0 Å². The predicted molar refractivity (Wildman–Crippen MR) is 123 cm³/mol. The van der Waals surface area contributed by atoms with Crippen LogP contribution in [0.5, 0.6) is 0 Å². The molecule has 4 unspecified atom stereocenters. The Bertz CT molecular complexity index is 798. The van der Waals surface area contributed by atoms with E-state index in [0.29, 0.717) is 19.3 Å². The summed E-state index contributed by atoms with van der Waals surface area (Å²) in [7, 11) is 0. The molecular formula is C20H36N8O6. The summed E-state index contributed by atoms with van der Waals surface area (Å²) >= 11 is 0. The van der Waals surface area contributed by atoms with Crippen LogP contribution in [-0.2, 0) is 24.0 Å². The number of rotatable bonds is 13. The molecule has 14 heteroatoms. The minimum Gasteiger partial charge on any atom is -0.480 e. The van der Waals surface area contributed by atoms with Crippen molar-refractivity contribution in [3.05, 3.63) is 0 Å². The third-order valence-electron chi connectivity index (χ3n) is 5.39. The summed E-state index contributed by atoms with van der Waals surface area (Å²) in [6.07, 6.45) is 0.967. The highest BCUT2D eigenvalue weighted by molar-refractivity contribution is 5.95. The number of aliphatic imine (C=N–C) groups is 1. The highest BCUT2D eigenvalue weighted by atomic mass is 16.4. The van der Waals surface area contributed by atoms with Gasteiger partial charge in [0.25, 0.3) is 0 Å². The van der Waals surface area contributed by atoms with Gasteiger partial charge in [0, 0.05) is 13.1 Å². The fourth-order valence-corrected chi connectivity index (χ4v) is 3.63. The first-order valence-corrected chi connectivity index (χ1v) is 11.1. The summed E-state index contributed by atoms with van der Waals surface area (Å²) in [5.41, 5.74) is 21.5. The molecule has 0 aromatic heterocycles. The lowest BCUT2D eigenvalue weighted by atomic mass is 10.0. The lowest BCUT2D eigenvalue weighted by Gasteiger charge is -2.28. The molecule has 0 saturated carbocycles. The number of carboxylic acid groups (broad SMARTS) is 1. The van der Waals surface area contributed by atoms with Crippen LogP contribution in [0.1, 0.15) is 46.0 Å². The number of amides is 4. The minimum atomic E-state index is -1.20. The summed E-state index contributed by atoms with van der Waals surface area (Å²) in [6, 6.07) is -4.30. The zero-order valence-electron chi connectivity index (χ0n) is 19.5. The molecule has 0 spiro atoms. The molecule has 1 aliphatic heterocycles. The van der Waals surface area contributed by atoms with Crippen LogP contribution in [0.3, 0.4) is 0 Å². The van der Waals surface area contributed by atoms with Gasteiger partial charge in [0.15, 0.2) is 5.96 Å². The number of carboxylic acids is 1. The molecule has 4 atom stereocenters. The number of carbonyl (C=O) groups excluding carboxylic acids is 4. The van der Waals surface area contributed by atoms with E-state index in [9.17, 15) is 29.1 Å². The standard InChI is InChI=1S/C20H36N8O6/c1-10(2)15(19(33)34)27-16(30)12(5-3-7-25-20(23)24)26-17(31)13-6-4-8-28(13)18(32)11(21)9-14(22)29/h10-13,15H,3-9,21H2,1-2H3,(H2,22,29)(H,26,31)(H,27,30)(H,33,34)(H4,23,24,25). The third-order valence-corrected chi connectivity index (χ3v) is 5.39. The van der Waals surface area contributed by atoms with Crippen molar-refractivity contribution in [2.45, 2.75) is 70.1 Å². The van der Waals surface area contributed by atoms with Gasteiger partial charge in [-0.25, -0.2) is 4.79 Å². The molecule has 4 amide bonds. The Hall–Kier alpha value is -3.42. The summed E-state index contributed by atoms with van der Waals surface area (Å²) < 4.78 is 0. The van der Waals surface area contributed by atoms with E-state index in [4.69, 9.17) is 22.9 Å². The van der Waals surface area contributed by atoms with Gasteiger partial charge in [-0.05, 0) is 31.6 Å². The number of hydrogen-bond acceptors (Lipinski definition) is 7. The van der Waals surface area contributed by atoms with Crippen LogP contribution in [0, 0.1) is 5.92 Å². The second kappa shape index (κ2) is 13.3. The summed E-state index contributed by atoms with van der Waals surface area (Å²) in [5.74, 6) is -4.31. The molecule has 1 aliphatic rings. The fraction of sp³-hybridized carbons (Fsp3) is 0.700. The van der Waals surface area contributed by atoms with Crippen LogP contribution in [0.25, 0.3) is 0 Å². The van der Waals surface area contributed by atoms with Crippen LogP contribution < -0.4 is 33.6 Å². The maximum atomic E-state index is 13.0. The molecular weight excluding hydrogens is 448 g/mol. The first kappa shape index (κ1) is 28.6. The molecule has 1 rings (SSSR count). The van der Waals surface area contributed by atoms with E-state index in [1.54, 1.807) is 13.8 Å². The number of nitrogens with two attached hydrogens (primary N) is 4. The number of hydrogen-bond donors (Lipinski definition) is 7. The molecule has 0 radical (unpaired) electrons. The monoisotopic (exact) mass is 484 g/mol. The zero-order valence-corrected chi connectivity index (χ0v) is 19.5. The Balaban J connectivity index is 2.96. The second-order valence-corrected chi connectivity index (χ2v) is 8.55. The number of primary amides is 1. The third kappa shape index (κ3) is 8.84. The molecule has 34 heavy (non-hydrogen) atoms. The van der Waals surface area contributed by atoms with Crippen LogP contribution in [0.4, 0.5) is 0 Å². The largest absolute Gasteiger partial charge is 0.480 e. The summed E-state index contributed by atoms with van der Waals surface area (Å²) in [5, 5.41) is 14.4. The van der Waals surface area contributed by atoms with Crippen LogP contribution >= 0.6 is 0 Å². The van der Waals surface area contributed by atoms with Gasteiger partial charge < -0.3 is 43.6 Å². The lowest BCUT2D eigenvalue weighted by molar-refractivity contribution is -0.144. The SMILES string of the molecule is CC(C)C(NC(=O)C(CCCN=C(N)N)NC(=O)C1CCCN1C(=O)C(N)CC(N)=O)C(=O)O. The highest BCUT2D eigenvalue weighted by Gasteiger charge is 2.38. The van der Waals surface area contributed by atoms with Crippen LogP contribution in [-0.4, -0.2) is 82.8 Å². The topological polar surface area (TPSA) is 249 Å². The second-order valence-electron chi connectivity index (χ2n) is 8.55. The van der Waals surface area contributed by atoms with E-state index in [2.05, 4.69) is 15.6 Å². The van der Waals surface area contributed by atoms with E-state index in [1.165, 1.54) is 4.90 Å². The van der Waals surface area contributed by atoms with Crippen molar-refractivity contribution in [3.8, 4) is 0 Å². The fourth-order valence-electron chi connectivity index (χ4n) is 3.63. The van der Waals surface area contributed by atoms with Gasteiger partial charge in [-0.2, -0.15) is 0 Å². The van der Waals surface area contributed by atoms with Crippen molar-refractivity contribution in [2.24, 2.45) is 33.8 Å². The average molecular weight is 485 g/mol. The Morgan fingerprint density at radius 3 is 2.29 bits per heavy atom. The Morgan fingerprint density at radius 1 is 1.12 bits per heavy atom. The van der Waals surface area contributed by atoms with E-state index in [0.717, 1.165) is 0 Å². The highest BCUT2D eigenvalue weighted by Crippen LogP contribution is 2.19. The van der Waals surface area contributed by atoms with Crippen molar-refractivity contribution in [3.63, 3.8) is 0 Å². The van der Waals surface area contributed by atoms with Gasteiger partial charge in [-0.15, -0.1) is 0 Å². The number of carbonyl (C=O) groups is 5. The molecule has 1 heterocycles. The van der Waals surface area contributed by atoms with Gasteiger partial charge in [0.05, 0.1) is 12.5 Å². The number of likely N-dealkylation sites (tertiary alicyclic amines) is 1. The molecule has 1 fully saturated rings. The smallest absolute Gasteiger partial charge is 0.326 e. The predicted octanol–water partition coefficient (Wildman–Crippen LogP) is -3.06. The molecule has 1 saturated heterocycles. The van der Waals surface area contributed by atoms with E-state index < -0.39 is 59.7 Å². The minimum absolute atomic E-state index is 0.122. The molecule has 11 N–H and O–H groups in total. The van der Waals surface area contributed by atoms with Gasteiger partial charge >= 0.3 is 5.97 Å². The van der Waals surface area contributed by atoms with E-state index >= 15 is 0 Å². The van der Waals surface area contributed by atoms with Crippen molar-refractivity contribution in [1.82, 2.24) is 15.5 Å². The molecule has 0 aromatic rings. The van der Waals surface area contributed by atoms with Crippen molar-refractivity contribution in [1.29, 1.82) is 0 Å². The molecule has 0 aliphatic carbocycles. The number of guanidine groups is 1. The Kier molecular flexibility index (Phi) is 11.2. The number of nitrogens with zero attached hydrogens (tertiary/aromatic N) is 2. The quantitative estimate of drug-likeness (QED) is 0.0795. The van der Waals surface area contributed by atoms with Gasteiger partial charge in [0.1, 0.15) is 18.1 Å². The Morgan fingerprint density at radius 2 is 1.76 bits per heavy atom. The van der Waals surface area contributed by atoms with E-state index in [1.807, 2.05) is 0 Å². The zero-order chi connectivity index (χ0) is 26.0. The maximum absolute atomic E-state index is 13.0. The normalized spacial score (nSPS) is 18.0. The molecule has 0 aromatic carbocycles. The number of aliphatic carboxylic acids is 1. The molecule has 192 valence electrons. The van der Waals surface area contributed by atoms with Crippen molar-refractivity contribution < 1.29 is 29.1 Å². The van der Waals surface area contributed by atoms with Gasteiger partial charge in [0.2, 0.25) is 23.6 Å². The summed E-state index contributed by atoms with van der Waals surface area (Å²) in [6.45, 7) is 3.75. The van der Waals surface area contributed by atoms with E-state index in [-0.39, 0.29) is 31.9 Å². The summed E-state index contributed by atoms with van der Waals surface area (Å²) in [4.78, 5) is 66.2. The molecule has 14 nitrogen and oxygen atoms in total. The number of nitrogens with one attached hydrogen (secondary N) is 2. The Labute approximate surface area is 197 Å². The lowest BCUT2D eigenvalue weighted by Crippen LogP contribution is -2.57. The first-order valence-electron chi connectivity index (χ1n) is 11.1. The maximum Gasteiger partial charge on any atom is 0.326 e. The van der Waals surface area contributed by atoms with Crippen molar-refractivity contribution in [2.75, 3.05) is 13.1 Å². The first-order chi connectivity index (χ1) is 15.8. The van der Waals surface area contributed by atoms with Crippen molar-refractivity contribution >= 4 is 35.6 Å². The average Bonchev–Trinajstić information content (AvgIpc) is 3.22. The van der Waals surface area contributed by atoms with Gasteiger partial charge in [-0.1, -0.05) is 13.8 Å². The van der Waals surface area contributed by atoms with Gasteiger partial charge in [-0.3, -0.25) is 24.2 Å². The molecule has 0 bridgehead atoms. The van der Waals surface area contributed by atoms with Crippen LogP contribution in [0.15, 0.2) is 4.99 Å².